The minimum Gasteiger partial charge on any atom is -0.369 e. The Hall–Kier alpha value is -2.84. The van der Waals surface area contributed by atoms with Crippen LogP contribution in [-0.4, -0.2) is 29.2 Å². The molecule has 1 amide bonds. The number of aromatic nitrogens is 2. The fourth-order valence-corrected chi connectivity index (χ4v) is 3.16. The van der Waals surface area contributed by atoms with Crippen molar-refractivity contribution in [3.05, 3.63) is 58.0 Å². The van der Waals surface area contributed by atoms with Crippen LogP contribution in [0, 0.1) is 5.92 Å². The molecule has 2 aromatic rings. The lowest BCUT2D eigenvalue weighted by molar-refractivity contribution is -0.137. The Morgan fingerprint density at radius 3 is 2.89 bits per heavy atom. The monoisotopic (exact) mass is 380 g/mol. The molecule has 1 aliphatic rings. The van der Waals surface area contributed by atoms with E-state index < -0.39 is 11.7 Å². The second-order valence-corrected chi connectivity index (χ2v) is 6.50. The van der Waals surface area contributed by atoms with Gasteiger partial charge in [-0.05, 0) is 30.5 Å². The van der Waals surface area contributed by atoms with Crippen molar-refractivity contribution < 1.29 is 18.0 Å². The third-order valence-corrected chi connectivity index (χ3v) is 4.53. The zero-order chi connectivity index (χ0) is 19.4. The molecule has 1 aliphatic heterocycles. The van der Waals surface area contributed by atoms with E-state index in [0.717, 1.165) is 18.6 Å². The van der Waals surface area contributed by atoms with Gasteiger partial charge in [-0.3, -0.25) is 9.59 Å². The number of amides is 1. The lowest BCUT2D eigenvalue weighted by atomic mass is 9.96. The van der Waals surface area contributed by atoms with E-state index in [1.165, 1.54) is 18.3 Å². The van der Waals surface area contributed by atoms with E-state index in [1.54, 1.807) is 6.07 Å². The number of carbonyl (C=O) groups is 1. The summed E-state index contributed by atoms with van der Waals surface area (Å²) in [6.45, 7) is 1.17. The minimum atomic E-state index is -4.41. The molecule has 2 N–H and O–H groups in total. The maximum absolute atomic E-state index is 12.8. The topological polar surface area (TPSA) is 78.1 Å². The molecule has 1 saturated heterocycles. The van der Waals surface area contributed by atoms with Crippen LogP contribution < -0.4 is 15.8 Å². The normalized spacial score (nSPS) is 17.6. The number of piperidine rings is 1. The number of benzene rings is 1. The summed E-state index contributed by atoms with van der Waals surface area (Å²) in [6.07, 6.45) is -1.42. The summed E-state index contributed by atoms with van der Waals surface area (Å²) in [4.78, 5) is 25.8. The number of hydrogen-bond donors (Lipinski definition) is 2. The molecule has 2 heterocycles. The molecule has 0 saturated carbocycles. The Balaban J connectivity index is 1.60. The summed E-state index contributed by atoms with van der Waals surface area (Å²) in [5.74, 6) is -0.515. The summed E-state index contributed by atoms with van der Waals surface area (Å²) >= 11 is 0. The van der Waals surface area contributed by atoms with Gasteiger partial charge in [-0.25, -0.2) is 5.10 Å². The summed E-state index contributed by atoms with van der Waals surface area (Å²) in [7, 11) is 0. The van der Waals surface area contributed by atoms with Crippen molar-refractivity contribution in [2.75, 3.05) is 18.0 Å². The van der Waals surface area contributed by atoms with Gasteiger partial charge in [0, 0.05) is 25.7 Å². The quantitative estimate of drug-likeness (QED) is 0.853. The van der Waals surface area contributed by atoms with E-state index in [2.05, 4.69) is 15.5 Å². The molecule has 0 spiro atoms. The van der Waals surface area contributed by atoms with Crippen LogP contribution in [0.4, 0.5) is 18.9 Å². The van der Waals surface area contributed by atoms with Crippen LogP contribution in [0.15, 0.2) is 41.3 Å². The molecule has 0 aliphatic carbocycles. The van der Waals surface area contributed by atoms with Crippen molar-refractivity contribution in [1.82, 2.24) is 15.5 Å². The van der Waals surface area contributed by atoms with Crippen LogP contribution >= 0.6 is 0 Å². The summed E-state index contributed by atoms with van der Waals surface area (Å²) < 4.78 is 38.3. The molecule has 1 atom stereocenters. The Bertz CT molecular complexity index is 866. The van der Waals surface area contributed by atoms with Crippen LogP contribution in [0.5, 0.6) is 0 Å². The van der Waals surface area contributed by atoms with Crippen molar-refractivity contribution >= 4 is 11.6 Å². The molecule has 1 aromatic carbocycles. The smallest absolute Gasteiger partial charge is 0.369 e. The van der Waals surface area contributed by atoms with Gasteiger partial charge in [0.1, 0.15) is 0 Å². The van der Waals surface area contributed by atoms with Gasteiger partial charge in [0.25, 0.3) is 5.56 Å². The molecule has 9 heteroatoms. The van der Waals surface area contributed by atoms with Gasteiger partial charge in [0.2, 0.25) is 5.91 Å². The molecule has 0 radical (unpaired) electrons. The van der Waals surface area contributed by atoms with Crippen LogP contribution in [0.1, 0.15) is 24.0 Å². The minimum absolute atomic E-state index is 0.0335. The first-order chi connectivity index (χ1) is 12.8. The standard InChI is InChI=1S/C18H19F3N4O2/c19-18(20,21)14-5-1-3-12(7-14)9-22-17(27)13-4-2-6-25(11-13)15-8-16(26)24-23-10-15/h1,3,5,7-8,10,13H,2,4,6,9,11H2,(H,22,27)(H,24,26)/t13-/m0/s1. The predicted molar refractivity (Wildman–Crippen MR) is 93.1 cm³/mol. The van der Waals surface area contributed by atoms with E-state index in [9.17, 15) is 22.8 Å². The van der Waals surface area contributed by atoms with Crippen molar-refractivity contribution in [1.29, 1.82) is 0 Å². The van der Waals surface area contributed by atoms with Crippen LogP contribution in [0.3, 0.4) is 0 Å². The molecule has 27 heavy (non-hydrogen) atoms. The number of carbonyl (C=O) groups excluding carboxylic acids is 1. The molecule has 0 unspecified atom stereocenters. The third-order valence-electron chi connectivity index (χ3n) is 4.53. The summed E-state index contributed by atoms with van der Waals surface area (Å²) in [5.41, 5.74) is -0.0118. The Morgan fingerprint density at radius 1 is 1.33 bits per heavy atom. The predicted octanol–water partition coefficient (Wildman–Crippen LogP) is 2.32. The van der Waals surface area contributed by atoms with Crippen molar-refractivity contribution in [2.24, 2.45) is 5.92 Å². The molecule has 0 bridgehead atoms. The van der Waals surface area contributed by atoms with Crippen LogP contribution in [0.2, 0.25) is 0 Å². The van der Waals surface area contributed by atoms with Crippen LogP contribution in [0.25, 0.3) is 0 Å². The van der Waals surface area contributed by atoms with Crippen molar-refractivity contribution in [2.45, 2.75) is 25.6 Å². The van der Waals surface area contributed by atoms with Gasteiger partial charge in [-0.1, -0.05) is 12.1 Å². The lowest BCUT2D eigenvalue weighted by Crippen LogP contribution is -2.43. The first-order valence-electron chi connectivity index (χ1n) is 8.56. The highest BCUT2D eigenvalue weighted by atomic mass is 19.4. The fourth-order valence-electron chi connectivity index (χ4n) is 3.16. The second kappa shape index (κ2) is 7.81. The highest BCUT2D eigenvalue weighted by Crippen LogP contribution is 2.29. The number of halogens is 3. The molecule has 6 nitrogen and oxygen atoms in total. The number of alkyl halides is 3. The van der Waals surface area contributed by atoms with Gasteiger partial charge < -0.3 is 10.2 Å². The Kier molecular flexibility index (Phi) is 5.48. The highest BCUT2D eigenvalue weighted by molar-refractivity contribution is 5.79. The van der Waals surface area contributed by atoms with Gasteiger partial charge in [-0.2, -0.15) is 18.3 Å². The second-order valence-electron chi connectivity index (χ2n) is 6.50. The number of nitrogens with one attached hydrogen (secondary N) is 2. The van der Waals surface area contributed by atoms with Gasteiger partial charge in [0.05, 0.1) is 23.4 Å². The highest BCUT2D eigenvalue weighted by Gasteiger charge is 2.30. The summed E-state index contributed by atoms with van der Waals surface area (Å²) in [5, 5.41) is 8.78. The molecular weight excluding hydrogens is 361 g/mol. The number of aromatic amines is 1. The molecule has 3 rings (SSSR count). The first kappa shape index (κ1) is 18.9. The Labute approximate surface area is 153 Å². The van der Waals surface area contributed by atoms with Crippen molar-refractivity contribution in [3.63, 3.8) is 0 Å². The summed E-state index contributed by atoms with van der Waals surface area (Å²) in [6, 6.07) is 6.34. The van der Waals surface area contributed by atoms with Crippen molar-refractivity contribution in [3.8, 4) is 0 Å². The number of nitrogens with zero attached hydrogens (tertiary/aromatic N) is 2. The van der Waals surface area contributed by atoms with E-state index in [1.807, 2.05) is 4.90 Å². The van der Waals surface area contributed by atoms with E-state index in [0.29, 0.717) is 30.8 Å². The van der Waals surface area contributed by atoms with Crippen LogP contribution in [-0.2, 0) is 17.5 Å². The third kappa shape index (κ3) is 4.87. The van der Waals surface area contributed by atoms with E-state index >= 15 is 0 Å². The van der Waals surface area contributed by atoms with E-state index in [4.69, 9.17) is 0 Å². The molecule has 1 aromatic heterocycles. The number of anilines is 1. The largest absolute Gasteiger partial charge is 0.416 e. The van der Waals surface area contributed by atoms with E-state index in [-0.39, 0.29) is 23.9 Å². The molecule has 1 fully saturated rings. The number of H-pyrrole nitrogens is 1. The fraction of sp³-hybridized carbons (Fsp3) is 0.389. The Morgan fingerprint density at radius 2 is 2.15 bits per heavy atom. The molecular formula is C18H19F3N4O2. The average Bonchev–Trinajstić information content (AvgIpc) is 2.66. The first-order valence-corrected chi connectivity index (χ1v) is 8.56. The number of hydrogen-bond acceptors (Lipinski definition) is 4. The molecule has 144 valence electrons. The SMILES string of the molecule is O=C(NCc1cccc(C(F)(F)F)c1)[C@H]1CCCN(c2cn[nH]c(=O)c2)C1. The van der Waals surface area contributed by atoms with Gasteiger partial charge in [-0.15, -0.1) is 0 Å². The maximum Gasteiger partial charge on any atom is 0.416 e. The van der Waals surface area contributed by atoms with Gasteiger partial charge >= 0.3 is 6.18 Å². The zero-order valence-electron chi connectivity index (χ0n) is 14.4. The number of rotatable bonds is 4. The van der Waals surface area contributed by atoms with Gasteiger partial charge in [0.15, 0.2) is 0 Å². The maximum atomic E-state index is 12.8. The lowest BCUT2D eigenvalue weighted by Gasteiger charge is -2.33. The zero-order valence-corrected chi connectivity index (χ0v) is 14.4. The average molecular weight is 380 g/mol.